The number of carbonyl (C=O) groups is 1. The Morgan fingerprint density at radius 3 is 2.14 bits per heavy atom. The summed E-state index contributed by atoms with van der Waals surface area (Å²) in [7, 11) is 3.10. The first-order valence-electron chi connectivity index (χ1n) is 9.07. The number of ether oxygens (including phenoxy) is 1. The minimum absolute atomic E-state index is 0.281. The average Bonchev–Trinajstić information content (AvgIpc) is 2.61. The van der Waals surface area contributed by atoms with E-state index in [0.717, 1.165) is 4.31 Å². The third-order valence-electron chi connectivity index (χ3n) is 4.14. The molecule has 0 radical (unpaired) electrons. The van der Waals surface area contributed by atoms with Crippen molar-refractivity contribution in [3.63, 3.8) is 0 Å². The molecule has 0 aliphatic rings. The molecule has 2 rings (SSSR count). The lowest BCUT2D eigenvalue weighted by Gasteiger charge is -2.33. The number of carboxylic acids is 1. The number of para-hydroxylation sites is 1. The number of rotatable bonds is 10. The maximum absolute atomic E-state index is 12.8. The van der Waals surface area contributed by atoms with Crippen LogP contribution in [0, 0.1) is 0 Å². The van der Waals surface area contributed by atoms with Crippen LogP contribution in [0.5, 0.6) is 11.5 Å². The van der Waals surface area contributed by atoms with Gasteiger partial charge in [0.25, 0.3) is 0 Å². The van der Waals surface area contributed by atoms with E-state index in [1.165, 1.54) is 7.05 Å². The molecule has 158 valence electrons. The summed E-state index contributed by atoms with van der Waals surface area (Å²) < 4.78 is 35.2. The van der Waals surface area contributed by atoms with Crippen molar-refractivity contribution in [1.29, 1.82) is 0 Å². The average molecular weight is 423 g/mol. The lowest BCUT2D eigenvalue weighted by molar-refractivity contribution is -0.872. The van der Waals surface area contributed by atoms with Gasteiger partial charge in [-0.05, 0) is 36.4 Å². The monoisotopic (exact) mass is 422 g/mol. The first-order valence-corrected chi connectivity index (χ1v) is 10.5. The van der Waals surface area contributed by atoms with Gasteiger partial charge in [-0.1, -0.05) is 18.2 Å². The van der Waals surface area contributed by atoms with Crippen molar-refractivity contribution in [3.05, 3.63) is 54.6 Å². The first kappa shape index (κ1) is 22.7. The van der Waals surface area contributed by atoms with Crippen LogP contribution in [-0.4, -0.2) is 69.1 Å². The standard InChI is InChI=1S/C20H27N3O5S/c1-22(17(14-20(24)25)15-23(2,3)4)29(26,27)21-16-10-12-19(13-11-16)28-18-8-6-5-7-9-18/h5-13,17,21H,14-15H2,1-4H3/p+1/t17-/m1/s1. The fraction of sp³-hybridized carbons (Fsp3) is 0.350. The Balaban J connectivity index is 2.10. The van der Waals surface area contributed by atoms with Crippen molar-refractivity contribution >= 4 is 21.9 Å². The van der Waals surface area contributed by atoms with Crippen LogP contribution < -0.4 is 9.46 Å². The smallest absolute Gasteiger partial charge is 0.305 e. The molecule has 0 heterocycles. The number of hydrogen-bond acceptors (Lipinski definition) is 4. The lowest BCUT2D eigenvalue weighted by atomic mass is 10.2. The van der Waals surface area contributed by atoms with Crippen molar-refractivity contribution in [2.75, 3.05) is 39.5 Å². The van der Waals surface area contributed by atoms with Gasteiger partial charge in [0.1, 0.15) is 11.5 Å². The number of aliphatic carboxylic acids is 1. The Kier molecular flexibility index (Phi) is 7.23. The highest BCUT2D eigenvalue weighted by Gasteiger charge is 2.32. The van der Waals surface area contributed by atoms with Gasteiger partial charge in [0.15, 0.2) is 0 Å². The minimum Gasteiger partial charge on any atom is -0.481 e. The molecule has 0 bridgehead atoms. The minimum atomic E-state index is -3.93. The predicted molar refractivity (Wildman–Crippen MR) is 112 cm³/mol. The fourth-order valence-electron chi connectivity index (χ4n) is 2.77. The molecule has 0 saturated heterocycles. The Bertz CT molecular complexity index is 909. The second-order valence-corrected chi connectivity index (χ2v) is 9.52. The van der Waals surface area contributed by atoms with E-state index in [4.69, 9.17) is 4.74 Å². The van der Waals surface area contributed by atoms with Gasteiger partial charge in [-0.3, -0.25) is 9.52 Å². The summed E-state index contributed by atoms with van der Waals surface area (Å²) in [6, 6.07) is 15.1. The lowest BCUT2D eigenvalue weighted by Crippen LogP contribution is -2.51. The van der Waals surface area contributed by atoms with E-state index < -0.39 is 22.2 Å². The highest BCUT2D eigenvalue weighted by atomic mass is 32.2. The number of anilines is 1. The van der Waals surface area contributed by atoms with Crippen LogP contribution in [0.2, 0.25) is 0 Å². The van der Waals surface area contributed by atoms with Crippen LogP contribution >= 0.6 is 0 Å². The summed E-state index contributed by atoms with van der Waals surface area (Å²) in [5.74, 6) is 0.201. The highest BCUT2D eigenvalue weighted by Crippen LogP contribution is 2.23. The van der Waals surface area contributed by atoms with Gasteiger partial charge in [-0.2, -0.15) is 12.7 Å². The number of benzene rings is 2. The molecular weight excluding hydrogens is 394 g/mol. The van der Waals surface area contributed by atoms with E-state index in [2.05, 4.69) is 4.72 Å². The van der Waals surface area contributed by atoms with E-state index in [1.54, 1.807) is 24.3 Å². The molecule has 29 heavy (non-hydrogen) atoms. The Labute approximate surface area is 172 Å². The second kappa shape index (κ2) is 9.25. The van der Waals surface area contributed by atoms with Gasteiger partial charge in [-0.25, -0.2) is 0 Å². The molecule has 2 N–H and O–H groups in total. The number of likely N-dealkylation sites (N-methyl/N-ethyl adjacent to an activating group) is 2. The van der Waals surface area contributed by atoms with Gasteiger partial charge < -0.3 is 14.3 Å². The molecule has 2 aromatic carbocycles. The molecule has 9 heteroatoms. The van der Waals surface area contributed by atoms with Crippen molar-refractivity contribution in [2.45, 2.75) is 12.5 Å². The van der Waals surface area contributed by atoms with E-state index in [9.17, 15) is 18.3 Å². The third-order valence-corrected chi connectivity index (χ3v) is 5.69. The molecule has 0 aliphatic heterocycles. The summed E-state index contributed by atoms with van der Waals surface area (Å²) in [5.41, 5.74) is 0.358. The molecule has 1 atom stereocenters. The predicted octanol–water partition coefficient (Wildman–Crippen LogP) is 2.62. The molecule has 0 aromatic heterocycles. The number of hydrogen-bond donors (Lipinski definition) is 2. The molecule has 0 aliphatic carbocycles. The largest absolute Gasteiger partial charge is 0.481 e. The van der Waals surface area contributed by atoms with Crippen molar-refractivity contribution < 1.29 is 27.5 Å². The molecule has 0 spiro atoms. The summed E-state index contributed by atoms with van der Waals surface area (Å²) >= 11 is 0. The van der Waals surface area contributed by atoms with Gasteiger partial charge in [-0.15, -0.1) is 0 Å². The molecule has 0 unspecified atom stereocenters. The SMILES string of the molecule is CN([C@H](CC(=O)O)C[N+](C)(C)C)S(=O)(=O)Nc1ccc(Oc2ccccc2)cc1. The van der Waals surface area contributed by atoms with Crippen LogP contribution in [0.1, 0.15) is 6.42 Å². The number of quaternary nitrogens is 1. The normalized spacial score (nSPS) is 13.1. The topological polar surface area (TPSA) is 95.9 Å². The molecular formula is C20H28N3O5S+. The van der Waals surface area contributed by atoms with Gasteiger partial charge in [0.2, 0.25) is 0 Å². The third kappa shape index (κ3) is 7.37. The van der Waals surface area contributed by atoms with Crippen molar-refractivity contribution in [1.82, 2.24) is 4.31 Å². The van der Waals surface area contributed by atoms with Crippen LogP contribution in [0.3, 0.4) is 0 Å². The number of nitrogens with zero attached hydrogens (tertiary/aromatic N) is 2. The zero-order valence-electron chi connectivity index (χ0n) is 17.1. The summed E-state index contributed by atoms with van der Waals surface area (Å²) in [6.45, 7) is 0.355. The number of carboxylic acid groups (broad SMARTS) is 1. The summed E-state index contributed by atoms with van der Waals surface area (Å²) in [4.78, 5) is 11.2. The van der Waals surface area contributed by atoms with E-state index in [0.29, 0.717) is 28.2 Å². The van der Waals surface area contributed by atoms with Gasteiger partial charge in [0, 0.05) is 7.05 Å². The zero-order valence-corrected chi connectivity index (χ0v) is 17.9. The maximum atomic E-state index is 12.8. The quantitative estimate of drug-likeness (QED) is 0.574. The molecule has 0 fully saturated rings. The second-order valence-electron chi connectivity index (χ2n) is 7.79. The van der Waals surface area contributed by atoms with Crippen molar-refractivity contribution in [2.24, 2.45) is 0 Å². The maximum Gasteiger partial charge on any atom is 0.305 e. The van der Waals surface area contributed by atoms with Crippen LogP contribution in [0.25, 0.3) is 0 Å². The van der Waals surface area contributed by atoms with Gasteiger partial charge >= 0.3 is 16.2 Å². The number of nitrogens with one attached hydrogen (secondary N) is 1. The Morgan fingerprint density at radius 1 is 1.07 bits per heavy atom. The first-order chi connectivity index (χ1) is 13.5. The molecule has 0 amide bonds. The van der Waals surface area contributed by atoms with E-state index in [1.807, 2.05) is 51.5 Å². The summed E-state index contributed by atoms with van der Waals surface area (Å²) in [5, 5.41) is 9.17. The van der Waals surface area contributed by atoms with Crippen molar-refractivity contribution in [3.8, 4) is 11.5 Å². The van der Waals surface area contributed by atoms with Gasteiger partial charge in [0.05, 0.1) is 45.8 Å². The Hall–Kier alpha value is -2.62. The molecule has 0 saturated carbocycles. The van der Waals surface area contributed by atoms with Crippen LogP contribution in [0.15, 0.2) is 54.6 Å². The summed E-state index contributed by atoms with van der Waals surface area (Å²) in [6.07, 6.45) is -0.281. The zero-order chi connectivity index (χ0) is 21.7. The van der Waals surface area contributed by atoms with E-state index in [-0.39, 0.29) is 6.42 Å². The van der Waals surface area contributed by atoms with Crippen LogP contribution in [-0.2, 0) is 15.0 Å². The molecule has 2 aromatic rings. The van der Waals surface area contributed by atoms with E-state index >= 15 is 0 Å². The van der Waals surface area contributed by atoms with Crippen LogP contribution in [0.4, 0.5) is 5.69 Å². The molecule has 8 nitrogen and oxygen atoms in total. The fourth-order valence-corrected chi connectivity index (χ4v) is 3.89. The Morgan fingerprint density at radius 2 is 1.62 bits per heavy atom. The highest BCUT2D eigenvalue weighted by molar-refractivity contribution is 7.90.